The largest absolute Gasteiger partial charge is 0.452 e. The average molecular weight is 280 g/mol. The van der Waals surface area contributed by atoms with Crippen LogP contribution in [-0.2, 0) is 14.3 Å². The Labute approximate surface area is 113 Å². The van der Waals surface area contributed by atoms with Crippen molar-refractivity contribution in [3.05, 3.63) is 23.8 Å². The van der Waals surface area contributed by atoms with E-state index in [1.54, 1.807) is 23.9 Å². The fourth-order valence-corrected chi connectivity index (χ4v) is 2.50. The van der Waals surface area contributed by atoms with Gasteiger partial charge in [-0.1, -0.05) is 0 Å². The predicted molar refractivity (Wildman–Crippen MR) is 69.9 cm³/mol. The first-order chi connectivity index (χ1) is 9.06. The van der Waals surface area contributed by atoms with E-state index in [1.165, 1.54) is 6.07 Å². The second-order valence-electron chi connectivity index (χ2n) is 3.90. The second kappa shape index (κ2) is 5.75. The first kappa shape index (κ1) is 13.4. The van der Waals surface area contributed by atoms with E-state index < -0.39 is 18.5 Å². The summed E-state index contributed by atoms with van der Waals surface area (Å²) < 4.78 is 4.71. The summed E-state index contributed by atoms with van der Waals surface area (Å²) in [6, 6.07) is 4.87. The maximum atomic E-state index is 11.7. The van der Waals surface area contributed by atoms with Crippen LogP contribution >= 0.6 is 11.8 Å². The molecular formula is C12H12N2O4S. The van der Waals surface area contributed by atoms with E-state index in [0.717, 1.165) is 4.90 Å². The molecule has 0 saturated heterocycles. The molecule has 1 aromatic carbocycles. The van der Waals surface area contributed by atoms with E-state index in [9.17, 15) is 14.4 Å². The highest BCUT2D eigenvalue weighted by Crippen LogP contribution is 2.31. The predicted octanol–water partition coefficient (Wildman–Crippen LogP) is 0.763. The summed E-state index contributed by atoms with van der Waals surface area (Å²) in [7, 11) is 0. The fourth-order valence-electron chi connectivity index (χ4n) is 1.57. The topological polar surface area (TPSA) is 98.5 Å². The molecule has 0 unspecified atom stereocenters. The van der Waals surface area contributed by atoms with Crippen molar-refractivity contribution >= 4 is 35.2 Å². The Kier molecular flexibility index (Phi) is 4.06. The van der Waals surface area contributed by atoms with E-state index in [2.05, 4.69) is 5.32 Å². The fraction of sp³-hybridized carbons (Fsp3) is 0.250. The van der Waals surface area contributed by atoms with Gasteiger partial charge in [-0.05, 0) is 18.2 Å². The minimum atomic E-state index is -0.716. The molecule has 3 N–H and O–H groups in total. The molecule has 0 bridgehead atoms. The maximum Gasteiger partial charge on any atom is 0.338 e. The van der Waals surface area contributed by atoms with E-state index in [-0.39, 0.29) is 11.5 Å². The molecule has 100 valence electrons. The number of primary amides is 1. The molecule has 2 rings (SSSR count). The first-order valence-electron chi connectivity index (χ1n) is 5.58. The van der Waals surface area contributed by atoms with Crippen LogP contribution in [0.2, 0.25) is 0 Å². The third kappa shape index (κ3) is 3.47. The number of rotatable bonds is 3. The number of amides is 2. The summed E-state index contributed by atoms with van der Waals surface area (Å²) in [5.74, 6) is -0.754. The lowest BCUT2D eigenvalue weighted by molar-refractivity contribution is -0.121. The molecule has 0 aliphatic carbocycles. The molecule has 0 spiro atoms. The van der Waals surface area contributed by atoms with Gasteiger partial charge in [-0.15, -0.1) is 11.8 Å². The van der Waals surface area contributed by atoms with Crippen molar-refractivity contribution in [3.63, 3.8) is 0 Å². The maximum absolute atomic E-state index is 11.7. The zero-order valence-corrected chi connectivity index (χ0v) is 10.8. The number of carbonyl (C=O) groups is 3. The van der Waals surface area contributed by atoms with E-state index in [1.807, 2.05) is 0 Å². The highest BCUT2D eigenvalue weighted by atomic mass is 32.2. The number of thioether (sulfide) groups is 1. The lowest BCUT2D eigenvalue weighted by atomic mass is 10.2. The number of esters is 1. The van der Waals surface area contributed by atoms with E-state index in [4.69, 9.17) is 10.5 Å². The van der Waals surface area contributed by atoms with Gasteiger partial charge in [0.1, 0.15) is 0 Å². The molecular weight excluding hydrogens is 268 g/mol. The van der Waals surface area contributed by atoms with Gasteiger partial charge in [-0.3, -0.25) is 9.59 Å². The van der Waals surface area contributed by atoms with Crippen molar-refractivity contribution in [3.8, 4) is 0 Å². The number of carbonyl (C=O) groups excluding carboxylic acids is 3. The Morgan fingerprint density at radius 3 is 2.95 bits per heavy atom. The highest BCUT2D eigenvalue weighted by molar-refractivity contribution is 7.99. The third-order valence-corrected chi connectivity index (χ3v) is 3.50. The number of fused-ring (bicyclic) bond motifs is 1. The summed E-state index contributed by atoms with van der Waals surface area (Å²) in [5, 5.41) is 2.72. The monoisotopic (exact) mass is 280 g/mol. The van der Waals surface area contributed by atoms with Crippen LogP contribution in [-0.4, -0.2) is 30.1 Å². The van der Waals surface area contributed by atoms with Gasteiger partial charge in [0.05, 0.1) is 11.3 Å². The molecule has 2 amide bonds. The van der Waals surface area contributed by atoms with Crippen molar-refractivity contribution in [1.29, 1.82) is 0 Å². The van der Waals surface area contributed by atoms with Gasteiger partial charge in [0.15, 0.2) is 6.61 Å². The van der Waals surface area contributed by atoms with Crippen molar-refractivity contribution in [2.75, 3.05) is 17.7 Å². The summed E-state index contributed by atoms with van der Waals surface area (Å²) in [6.07, 6.45) is 0.431. The standard InChI is InChI=1S/C12H12N2O4S/c13-10(15)6-18-12(17)7-1-2-9-8(5-7)14-11(16)3-4-19-9/h1-2,5H,3-4,6H2,(H2,13,15)(H,14,16). The number of hydrogen-bond donors (Lipinski definition) is 2. The van der Waals surface area contributed by atoms with Gasteiger partial charge in [0, 0.05) is 17.1 Å². The van der Waals surface area contributed by atoms with Crippen LogP contribution in [0, 0.1) is 0 Å². The molecule has 7 heteroatoms. The van der Waals surface area contributed by atoms with Gasteiger partial charge in [-0.25, -0.2) is 4.79 Å². The molecule has 0 saturated carbocycles. The molecule has 19 heavy (non-hydrogen) atoms. The summed E-state index contributed by atoms with van der Waals surface area (Å²) in [4.78, 5) is 34.5. The van der Waals surface area contributed by atoms with Gasteiger partial charge < -0.3 is 15.8 Å². The minimum absolute atomic E-state index is 0.0890. The summed E-state index contributed by atoms with van der Waals surface area (Å²) in [6.45, 7) is -0.461. The number of nitrogens with one attached hydrogen (secondary N) is 1. The van der Waals surface area contributed by atoms with Crippen molar-refractivity contribution in [1.82, 2.24) is 0 Å². The summed E-state index contributed by atoms with van der Waals surface area (Å²) in [5.41, 5.74) is 5.74. The first-order valence-corrected chi connectivity index (χ1v) is 6.57. The number of benzene rings is 1. The summed E-state index contributed by atoms with van der Waals surface area (Å²) >= 11 is 1.54. The molecule has 0 aromatic heterocycles. The van der Waals surface area contributed by atoms with Crippen LogP contribution in [0.25, 0.3) is 0 Å². The van der Waals surface area contributed by atoms with Crippen LogP contribution in [0.4, 0.5) is 5.69 Å². The Morgan fingerprint density at radius 2 is 2.21 bits per heavy atom. The number of nitrogens with two attached hydrogens (primary N) is 1. The molecule has 1 heterocycles. The van der Waals surface area contributed by atoms with Crippen molar-refractivity contribution < 1.29 is 19.1 Å². The van der Waals surface area contributed by atoms with Crippen molar-refractivity contribution in [2.45, 2.75) is 11.3 Å². The van der Waals surface area contributed by atoms with Gasteiger partial charge in [0.2, 0.25) is 5.91 Å². The third-order valence-electron chi connectivity index (χ3n) is 2.42. The molecule has 1 aliphatic heterocycles. The Bertz CT molecular complexity index is 545. The van der Waals surface area contributed by atoms with Crippen LogP contribution in [0.3, 0.4) is 0 Å². The molecule has 0 radical (unpaired) electrons. The average Bonchev–Trinajstić information content (AvgIpc) is 2.55. The van der Waals surface area contributed by atoms with Crippen molar-refractivity contribution in [2.24, 2.45) is 5.73 Å². The van der Waals surface area contributed by atoms with E-state index in [0.29, 0.717) is 17.9 Å². The quantitative estimate of drug-likeness (QED) is 0.797. The Hall–Kier alpha value is -2.02. The van der Waals surface area contributed by atoms with Gasteiger partial charge in [0.25, 0.3) is 5.91 Å². The normalized spacial score (nSPS) is 14.0. The minimum Gasteiger partial charge on any atom is -0.452 e. The molecule has 0 fully saturated rings. The van der Waals surface area contributed by atoms with E-state index >= 15 is 0 Å². The van der Waals surface area contributed by atoms with Crippen LogP contribution in [0.5, 0.6) is 0 Å². The SMILES string of the molecule is NC(=O)COC(=O)c1ccc2c(c1)NC(=O)CCS2. The molecule has 1 aliphatic rings. The number of hydrogen-bond acceptors (Lipinski definition) is 5. The molecule has 0 atom stereocenters. The second-order valence-corrected chi connectivity index (χ2v) is 5.04. The van der Waals surface area contributed by atoms with Crippen LogP contribution < -0.4 is 11.1 Å². The lowest BCUT2D eigenvalue weighted by Crippen LogP contribution is -2.21. The lowest BCUT2D eigenvalue weighted by Gasteiger charge is -2.08. The van der Waals surface area contributed by atoms with Gasteiger partial charge in [-0.2, -0.15) is 0 Å². The Morgan fingerprint density at radius 1 is 1.42 bits per heavy atom. The molecule has 6 nitrogen and oxygen atoms in total. The zero-order chi connectivity index (χ0) is 13.8. The smallest absolute Gasteiger partial charge is 0.338 e. The van der Waals surface area contributed by atoms with Crippen LogP contribution in [0.1, 0.15) is 16.8 Å². The Balaban J connectivity index is 2.17. The van der Waals surface area contributed by atoms with Crippen LogP contribution in [0.15, 0.2) is 23.1 Å². The van der Waals surface area contributed by atoms with Gasteiger partial charge >= 0.3 is 5.97 Å². The molecule has 1 aromatic rings. The zero-order valence-electron chi connectivity index (χ0n) is 9.97. The number of anilines is 1. The number of ether oxygens (including phenoxy) is 1. The highest BCUT2D eigenvalue weighted by Gasteiger charge is 2.16.